The van der Waals surface area contributed by atoms with Gasteiger partial charge in [-0.2, -0.15) is 5.10 Å². The van der Waals surface area contributed by atoms with Crippen LogP contribution in [0.5, 0.6) is 0 Å². The molecule has 0 aromatic heterocycles. The molecule has 1 unspecified atom stereocenters. The number of rotatable bonds is 6. The van der Waals surface area contributed by atoms with Crippen LogP contribution in [0, 0.1) is 5.82 Å². The second kappa shape index (κ2) is 8.47. The molecule has 0 aliphatic carbocycles. The third-order valence-corrected chi connectivity index (χ3v) is 5.05. The number of nitrogens with zero attached hydrogens (tertiary/aromatic N) is 3. The van der Waals surface area contributed by atoms with Gasteiger partial charge >= 0.3 is 0 Å². The van der Waals surface area contributed by atoms with E-state index in [9.17, 15) is 14.0 Å². The van der Waals surface area contributed by atoms with Gasteiger partial charge in [0, 0.05) is 25.6 Å². The number of anilines is 1. The van der Waals surface area contributed by atoms with Gasteiger partial charge in [0.1, 0.15) is 17.6 Å². The second-order valence-electron chi connectivity index (χ2n) is 7.08. The Morgan fingerprint density at radius 2 is 1.93 bits per heavy atom. The Bertz CT molecular complexity index is 713. The molecule has 1 fully saturated rings. The van der Waals surface area contributed by atoms with Gasteiger partial charge in [-0.25, -0.2) is 4.39 Å². The van der Waals surface area contributed by atoms with Gasteiger partial charge in [-0.3, -0.25) is 14.6 Å². The fourth-order valence-electron chi connectivity index (χ4n) is 3.59. The van der Waals surface area contributed by atoms with Crippen molar-refractivity contribution in [1.29, 1.82) is 0 Å². The molecule has 3 rings (SSSR count). The molecule has 8 heteroatoms. The van der Waals surface area contributed by atoms with Crippen LogP contribution in [0.4, 0.5) is 10.1 Å². The van der Waals surface area contributed by atoms with Crippen molar-refractivity contribution in [2.45, 2.75) is 44.7 Å². The number of halogens is 1. The van der Waals surface area contributed by atoms with Crippen molar-refractivity contribution in [3.63, 3.8) is 0 Å². The summed E-state index contributed by atoms with van der Waals surface area (Å²) < 4.78 is 13.2. The Hall–Kier alpha value is -2.48. The largest absolute Gasteiger partial charge is 0.368 e. The van der Waals surface area contributed by atoms with E-state index in [1.54, 1.807) is 0 Å². The zero-order valence-corrected chi connectivity index (χ0v) is 15.5. The third-order valence-electron chi connectivity index (χ3n) is 5.05. The number of hydrazone groups is 1. The number of likely N-dealkylation sites (tertiary alicyclic amines) is 1. The molecule has 1 atom stereocenters. The molecule has 2 aliphatic rings. The lowest BCUT2D eigenvalue weighted by Crippen LogP contribution is -2.46. The maximum absolute atomic E-state index is 13.2. The lowest BCUT2D eigenvalue weighted by atomic mass is 10.0. The topological polar surface area (TPSA) is 91.0 Å². The predicted molar refractivity (Wildman–Crippen MR) is 102 cm³/mol. The molecule has 2 aliphatic heterocycles. The highest BCUT2D eigenvalue weighted by molar-refractivity contribution is 6.40. The van der Waals surface area contributed by atoms with Crippen molar-refractivity contribution in [3.05, 3.63) is 30.1 Å². The molecular formula is C19H26FN5O2. The van der Waals surface area contributed by atoms with Gasteiger partial charge in [0.2, 0.25) is 5.91 Å². The number of primary amides is 1. The summed E-state index contributed by atoms with van der Waals surface area (Å²) in [4.78, 5) is 26.8. The first-order chi connectivity index (χ1) is 13.0. The number of benzene rings is 1. The van der Waals surface area contributed by atoms with E-state index in [1.165, 1.54) is 29.3 Å². The standard InChI is InChI=1S/C19H26FN5O2/c1-2-9-24-10-7-14(8-11-24)22-19(27)16-12-17(18(21)26)25(23-16)15-5-3-13(20)4-6-15/h3-6,14,17H,2,7-12H2,1H3,(H2,21,26)(H,22,27). The van der Waals surface area contributed by atoms with E-state index in [1.807, 2.05) is 0 Å². The van der Waals surface area contributed by atoms with Crippen LogP contribution in [0.1, 0.15) is 32.6 Å². The Morgan fingerprint density at radius 1 is 1.26 bits per heavy atom. The monoisotopic (exact) mass is 375 g/mol. The number of carbonyl (C=O) groups excluding carboxylic acids is 2. The Kier molecular flexibility index (Phi) is 6.05. The van der Waals surface area contributed by atoms with Gasteiger partial charge in [-0.05, 0) is 50.1 Å². The first-order valence-corrected chi connectivity index (χ1v) is 9.42. The number of carbonyl (C=O) groups is 2. The molecule has 0 radical (unpaired) electrons. The summed E-state index contributed by atoms with van der Waals surface area (Å²) in [6.07, 6.45) is 3.08. The first kappa shape index (κ1) is 19.3. The van der Waals surface area contributed by atoms with Crippen LogP contribution in [0.3, 0.4) is 0 Å². The maximum atomic E-state index is 13.2. The van der Waals surface area contributed by atoms with Gasteiger partial charge in [0.15, 0.2) is 0 Å². The molecule has 0 bridgehead atoms. The number of hydrogen-bond acceptors (Lipinski definition) is 5. The number of nitrogens with one attached hydrogen (secondary N) is 1. The predicted octanol–water partition coefficient (Wildman–Crippen LogP) is 1.24. The van der Waals surface area contributed by atoms with Crippen LogP contribution in [0.25, 0.3) is 0 Å². The summed E-state index contributed by atoms with van der Waals surface area (Å²) in [6, 6.07) is 4.96. The molecule has 1 saturated heterocycles. The highest BCUT2D eigenvalue weighted by atomic mass is 19.1. The lowest BCUT2D eigenvalue weighted by Gasteiger charge is -2.32. The summed E-state index contributed by atoms with van der Waals surface area (Å²) in [5, 5.41) is 8.74. The average Bonchev–Trinajstić information content (AvgIpc) is 3.10. The van der Waals surface area contributed by atoms with Gasteiger partial charge in [-0.1, -0.05) is 6.92 Å². The highest BCUT2D eigenvalue weighted by Gasteiger charge is 2.35. The van der Waals surface area contributed by atoms with E-state index in [-0.39, 0.29) is 29.9 Å². The maximum Gasteiger partial charge on any atom is 0.267 e. The molecule has 3 N–H and O–H groups in total. The average molecular weight is 375 g/mol. The summed E-state index contributed by atoms with van der Waals surface area (Å²) in [7, 11) is 0. The molecule has 0 spiro atoms. The number of hydrogen-bond donors (Lipinski definition) is 2. The zero-order valence-electron chi connectivity index (χ0n) is 15.5. The minimum absolute atomic E-state index is 0.111. The van der Waals surface area contributed by atoms with Crippen molar-refractivity contribution in [2.75, 3.05) is 24.6 Å². The minimum Gasteiger partial charge on any atom is -0.368 e. The minimum atomic E-state index is -0.748. The van der Waals surface area contributed by atoms with E-state index in [0.29, 0.717) is 5.69 Å². The quantitative estimate of drug-likeness (QED) is 0.783. The highest BCUT2D eigenvalue weighted by Crippen LogP contribution is 2.25. The van der Waals surface area contributed by atoms with Crippen LogP contribution in [-0.4, -0.2) is 54.1 Å². The van der Waals surface area contributed by atoms with Crippen LogP contribution in [0.15, 0.2) is 29.4 Å². The van der Waals surface area contributed by atoms with Crippen molar-refractivity contribution in [2.24, 2.45) is 10.8 Å². The molecule has 2 amide bonds. The van der Waals surface area contributed by atoms with Crippen LogP contribution in [-0.2, 0) is 9.59 Å². The first-order valence-electron chi connectivity index (χ1n) is 9.42. The van der Waals surface area contributed by atoms with Crippen LogP contribution >= 0.6 is 0 Å². The van der Waals surface area contributed by atoms with Gasteiger partial charge < -0.3 is 16.0 Å². The zero-order chi connectivity index (χ0) is 19.4. The second-order valence-corrected chi connectivity index (χ2v) is 7.08. The third kappa shape index (κ3) is 4.63. The molecule has 27 heavy (non-hydrogen) atoms. The molecule has 146 valence electrons. The van der Waals surface area contributed by atoms with Crippen LogP contribution < -0.4 is 16.1 Å². The van der Waals surface area contributed by atoms with Crippen molar-refractivity contribution in [3.8, 4) is 0 Å². The van der Waals surface area contributed by atoms with E-state index >= 15 is 0 Å². The van der Waals surface area contributed by atoms with Crippen molar-refractivity contribution in [1.82, 2.24) is 10.2 Å². The Balaban J connectivity index is 1.65. The van der Waals surface area contributed by atoms with Crippen LogP contribution in [0.2, 0.25) is 0 Å². The van der Waals surface area contributed by atoms with E-state index in [0.717, 1.165) is 38.9 Å². The molecule has 1 aromatic rings. The number of nitrogens with two attached hydrogens (primary N) is 1. The molecular weight excluding hydrogens is 349 g/mol. The van der Waals surface area contributed by atoms with E-state index < -0.39 is 11.9 Å². The van der Waals surface area contributed by atoms with Crippen molar-refractivity contribution >= 4 is 23.2 Å². The smallest absolute Gasteiger partial charge is 0.267 e. The van der Waals surface area contributed by atoms with Gasteiger partial charge in [-0.15, -0.1) is 0 Å². The van der Waals surface area contributed by atoms with Crippen molar-refractivity contribution < 1.29 is 14.0 Å². The molecule has 1 aromatic carbocycles. The van der Waals surface area contributed by atoms with Gasteiger partial charge in [0.25, 0.3) is 5.91 Å². The normalized spacial score (nSPS) is 21.2. The van der Waals surface area contributed by atoms with Gasteiger partial charge in [0.05, 0.1) is 5.69 Å². The summed E-state index contributed by atoms with van der Waals surface area (Å²) in [5.74, 6) is -1.22. The van der Waals surface area contributed by atoms with E-state index in [4.69, 9.17) is 5.73 Å². The molecule has 7 nitrogen and oxygen atoms in total. The van der Waals surface area contributed by atoms with E-state index in [2.05, 4.69) is 22.2 Å². The Labute approximate surface area is 158 Å². The lowest BCUT2D eigenvalue weighted by molar-refractivity contribution is -0.119. The Morgan fingerprint density at radius 3 is 2.52 bits per heavy atom. The SMILES string of the molecule is CCCN1CCC(NC(=O)C2=NN(c3ccc(F)cc3)C(C(N)=O)C2)CC1. The molecule has 0 saturated carbocycles. The number of amides is 2. The summed E-state index contributed by atoms with van der Waals surface area (Å²) in [5.41, 5.74) is 6.28. The fraction of sp³-hybridized carbons (Fsp3) is 0.526. The molecule has 2 heterocycles. The summed E-state index contributed by atoms with van der Waals surface area (Å²) in [6.45, 7) is 5.18. The summed E-state index contributed by atoms with van der Waals surface area (Å²) >= 11 is 0. The number of piperidine rings is 1. The fourth-order valence-corrected chi connectivity index (χ4v) is 3.59.